The number of hydrogen-bond donors (Lipinski definition) is 1. The lowest BCUT2D eigenvalue weighted by Gasteiger charge is -2.56. The van der Waals surface area contributed by atoms with Gasteiger partial charge in [-0.25, -0.2) is 0 Å². The molecule has 3 aliphatic rings. The standard InChI is InChI=1S/C19H35NO/c1-2-3-4-5-9-17-11-10-16-8-6-7-13-19(16)14-12-18(15-21)20(17)19/h16-18,21H,2-15H2,1H3/t16?,17?,18-,19?/m0/s1. The predicted molar refractivity (Wildman–Crippen MR) is 88.4 cm³/mol. The molecule has 1 saturated carbocycles. The second kappa shape index (κ2) is 7.00. The summed E-state index contributed by atoms with van der Waals surface area (Å²) in [5.41, 5.74) is 0.499. The first-order valence-corrected chi connectivity index (χ1v) is 9.71. The maximum atomic E-state index is 9.88. The molecule has 0 radical (unpaired) electrons. The molecule has 1 N–H and O–H groups in total. The molecule has 122 valence electrons. The zero-order chi connectivity index (χ0) is 14.7. The summed E-state index contributed by atoms with van der Waals surface area (Å²) in [4.78, 5) is 2.87. The monoisotopic (exact) mass is 293 g/mol. The Balaban J connectivity index is 1.70. The minimum absolute atomic E-state index is 0.389. The second-order valence-corrected chi connectivity index (χ2v) is 7.91. The molecule has 2 aliphatic heterocycles. The Morgan fingerprint density at radius 3 is 2.67 bits per heavy atom. The highest BCUT2D eigenvalue weighted by Crippen LogP contribution is 2.54. The summed E-state index contributed by atoms with van der Waals surface area (Å²) in [6.07, 6.45) is 18.1. The van der Waals surface area contributed by atoms with E-state index in [9.17, 15) is 5.11 Å². The minimum Gasteiger partial charge on any atom is -0.395 e. The molecule has 1 aliphatic carbocycles. The van der Waals surface area contributed by atoms with E-state index in [2.05, 4.69) is 11.8 Å². The van der Waals surface area contributed by atoms with Crippen molar-refractivity contribution in [3.63, 3.8) is 0 Å². The van der Waals surface area contributed by atoms with Crippen LogP contribution in [0.4, 0.5) is 0 Å². The quantitative estimate of drug-likeness (QED) is 0.729. The fraction of sp³-hybridized carbons (Fsp3) is 1.00. The van der Waals surface area contributed by atoms with Crippen LogP contribution in [0.25, 0.3) is 0 Å². The third kappa shape index (κ3) is 2.91. The maximum absolute atomic E-state index is 9.88. The Morgan fingerprint density at radius 1 is 0.952 bits per heavy atom. The van der Waals surface area contributed by atoms with Gasteiger partial charge in [-0.1, -0.05) is 45.4 Å². The molecule has 21 heavy (non-hydrogen) atoms. The number of piperidine rings is 1. The lowest BCUT2D eigenvalue weighted by Crippen LogP contribution is -2.61. The van der Waals surface area contributed by atoms with Crippen LogP contribution in [0, 0.1) is 5.92 Å². The zero-order valence-electron chi connectivity index (χ0n) is 14.0. The lowest BCUT2D eigenvalue weighted by atomic mass is 9.66. The Morgan fingerprint density at radius 2 is 1.86 bits per heavy atom. The number of aliphatic hydroxyl groups excluding tert-OH is 1. The van der Waals surface area contributed by atoms with E-state index in [1.54, 1.807) is 0 Å². The van der Waals surface area contributed by atoms with Crippen LogP contribution in [0.1, 0.15) is 90.4 Å². The highest BCUT2D eigenvalue weighted by molar-refractivity contribution is 5.10. The summed E-state index contributed by atoms with van der Waals surface area (Å²) in [7, 11) is 0. The van der Waals surface area contributed by atoms with Crippen LogP contribution < -0.4 is 0 Å². The molecule has 0 aromatic heterocycles. The van der Waals surface area contributed by atoms with Crippen molar-refractivity contribution < 1.29 is 5.11 Å². The summed E-state index contributed by atoms with van der Waals surface area (Å²) in [5.74, 6) is 0.940. The van der Waals surface area contributed by atoms with Gasteiger partial charge < -0.3 is 5.11 Å². The van der Waals surface area contributed by atoms with Crippen LogP contribution in [0.2, 0.25) is 0 Å². The van der Waals surface area contributed by atoms with Crippen molar-refractivity contribution in [2.24, 2.45) is 5.92 Å². The average Bonchev–Trinajstić information content (AvgIpc) is 2.90. The van der Waals surface area contributed by atoms with Crippen LogP contribution in [0.15, 0.2) is 0 Å². The Kier molecular flexibility index (Phi) is 5.27. The third-order valence-corrected chi connectivity index (χ3v) is 6.83. The molecule has 0 bridgehead atoms. The summed E-state index contributed by atoms with van der Waals surface area (Å²) < 4.78 is 0. The molecule has 2 heteroatoms. The Hall–Kier alpha value is -0.0800. The van der Waals surface area contributed by atoms with Crippen molar-refractivity contribution in [1.29, 1.82) is 0 Å². The highest BCUT2D eigenvalue weighted by Gasteiger charge is 2.55. The molecule has 3 fully saturated rings. The molecule has 2 heterocycles. The van der Waals surface area contributed by atoms with Gasteiger partial charge in [0.15, 0.2) is 0 Å². The minimum atomic E-state index is 0.389. The number of rotatable bonds is 6. The van der Waals surface area contributed by atoms with E-state index in [4.69, 9.17) is 0 Å². The van der Waals surface area contributed by atoms with Crippen LogP contribution in [0.3, 0.4) is 0 Å². The molecule has 2 saturated heterocycles. The Labute approximate surface area is 131 Å². The first-order chi connectivity index (χ1) is 10.3. The third-order valence-electron chi connectivity index (χ3n) is 6.83. The molecule has 0 aromatic rings. The van der Waals surface area contributed by atoms with Crippen LogP contribution in [-0.4, -0.2) is 34.2 Å². The van der Waals surface area contributed by atoms with Gasteiger partial charge in [-0.3, -0.25) is 4.90 Å². The van der Waals surface area contributed by atoms with Crippen LogP contribution >= 0.6 is 0 Å². The van der Waals surface area contributed by atoms with Gasteiger partial charge >= 0.3 is 0 Å². The van der Waals surface area contributed by atoms with E-state index < -0.39 is 0 Å². The number of aliphatic hydroxyl groups is 1. The zero-order valence-corrected chi connectivity index (χ0v) is 14.0. The van der Waals surface area contributed by atoms with E-state index in [0.29, 0.717) is 18.2 Å². The van der Waals surface area contributed by atoms with Gasteiger partial charge in [0, 0.05) is 17.6 Å². The fourth-order valence-corrected chi connectivity index (χ4v) is 5.89. The van der Waals surface area contributed by atoms with E-state index in [1.165, 1.54) is 83.5 Å². The summed E-state index contributed by atoms with van der Waals surface area (Å²) in [6.45, 7) is 2.68. The number of nitrogens with zero attached hydrogens (tertiary/aromatic N) is 1. The van der Waals surface area contributed by atoms with Crippen molar-refractivity contribution in [2.75, 3.05) is 6.61 Å². The van der Waals surface area contributed by atoms with Crippen molar-refractivity contribution >= 4 is 0 Å². The molecular weight excluding hydrogens is 258 g/mol. The molecule has 1 spiro atoms. The van der Waals surface area contributed by atoms with Gasteiger partial charge in [0.05, 0.1) is 6.61 Å². The van der Waals surface area contributed by atoms with Crippen molar-refractivity contribution in [3.05, 3.63) is 0 Å². The molecule has 0 amide bonds. The Bertz CT molecular complexity index is 332. The number of hydrogen-bond acceptors (Lipinski definition) is 2. The molecule has 3 unspecified atom stereocenters. The van der Waals surface area contributed by atoms with Crippen molar-refractivity contribution in [1.82, 2.24) is 4.90 Å². The van der Waals surface area contributed by atoms with Gasteiger partial charge in [-0.05, 0) is 50.9 Å². The highest BCUT2D eigenvalue weighted by atomic mass is 16.3. The lowest BCUT2D eigenvalue weighted by molar-refractivity contribution is -0.0702. The van der Waals surface area contributed by atoms with Gasteiger partial charge in [0.25, 0.3) is 0 Å². The summed E-state index contributed by atoms with van der Waals surface area (Å²) in [6, 6.07) is 1.25. The second-order valence-electron chi connectivity index (χ2n) is 7.91. The molecular formula is C19H35NO. The summed E-state index contributed by atoms with van der Waals surface area (Å²) in [5, 5.41) is 9.88. The van der Waals surface area contributed by atoms with Crippen molar-refractivity contribution in [2.45, 2.75) is 108 Å². The SMILES string of the molecule is CCCCCCC1CCC2CCCCC23CC[C@@H](CO)N13. The maximum Gasteiger partial charge on any atom is 0.0587 e. The largest absolute Gasteiger partial charge is 0.395 e. The summed E-state index contributed by atoms with van der Waals surface area (Å²) >= 11 is 0. The van der Waals surface area contributed by atoms with Crippen molar-refractivity contribution in [3.8, 4) is 0 Å². The van der Waals surface area contributed by atoms with Crippen LogP contribution in [-0.2, 0) is 0 Å². The first-order valence-electron chi connectivity index (χ1n) is 9.71. The predicted octanol–water partition coefficient (Wildman–Crippen LogP) is 4.50. The van der Waals surface area contributed by atoms with E-state index in [-0.39, 0.29) is 0 Å². The normalized spacial score (nSPS) is 40.0. The smallest absolute Gasteiger partial charge is 0.0587 e. The van der Waals surface area contributed by atoms with Gasteiger partial charge in [0.2, 0.25) is 0 Å². The molecule has 4 atom stereocenters. The van der Waals surface area contributed by atoms with E-state index in [0.717, 1.165) is 12.0 Å². The van der Waals surface area contributed by atoms with E-state index in [1.807, 2.05) is 0 Å². The average molecular weight is 293 g/mol. The number of unbranched alkanes of at least 4 members (excludes halogenated alkanes) is 3. The molecule has 2 nitrogen and oxygen atoms in total. The fourth-order valence-electron chi connectivity index (χ4n) is 5.89. The van der Waals surface area contributed by atoms with Crippen LogP contribution in [0.5, 0.6) is 0 Å². The first kappa shape index (κ1) is 15.8. The van der Waals surface area contributed by atoms with Gasteiger partial charge in [-0.2, -0.15) is 0 Å². The topological polar surface area (TPSA) is 23.5 Å². The van der Waals surface area contributed by atoms with Gasteiger partial charge in [0.1, 0.15) is 0 Å². The van der Waals surface area contributed by atoms with Gasteiger partial charge in [-0.15, -0.1) is 0 Å². The van der Waals surface area contributed by atoms with E-state index >= 15 is 0 Å². The molecule has 3 rings (SSSR count). The molecule has 0 aromatic carbocycles.